The fourth-order valence-electron chi connectivity index (χ4n) is 1.77. The van der Waals surface area contributed by atoms with Crippen molar-refractivity contribution < 1.29 is 14.7 Å². The Bertz CT molecular complexity index is 356. The average Bonchev–Trinajstić information content (AvgIpc) is 2.84. The third-order valence-corrected chi connectivity index (χ3v) is 3.60. The monoisotopic (exact) mass is 255 g/mol. The Balaban J connectivity index is 0.000000171. The first-order valence-corrected chi connectivity index (χ1v) is 6.55. The maximum atomic E-state index is 10.4. The van der Waals surface area contributed by atoms with E-state index in [-0.39, 0.29) is 11.8 Å². The number of carboxylic acids is 1. The van der Waals surface area contributed by atoms with Crippen LogP contribution in [0.1, 0.15) is 41.8 Å². The Morgan fingerprint density at radius 1 is 1.29 bits per heavy atom. The van der Waals surface area contributed by atoms with Gasteiger partial charge in [0.15, 0.2) is 0 Å². The standard InChI is InChI=1S/C7H12O2.C5H5NOS/c8-7(9)6-4-2-1-3-5-6;6-5(7)4-2-1-3-8-4/h6H,1-5H2,(H,8,9);1-3H,(H2,6,7). The maximum absolute atomic E-state index is 10.4. The summed E-state index contributed by atoms with van der Waals surface area (Å²) in [5, 5.41) is 10.4. The topological polar surface area (TPSA) is 80.4 Å². The number of amides is 1. The molecule has 0 aliphatic heterocycles. The highest BCUT2D eigenvalue weighted by molar-refractivity contribution is 7.12. The lowest BCUT2D eigenvalue weighted by atomic mass is 9.90. The molecule has 0 saturated heterocycles. The van der Waals surface area contributed by atoms with Crippen LogP contribution in [0.4, 0.5) is 0 Å². The van der Waals surface area contributed by atoms with E-state index in [0.717, 1.165) is 25.7 Å². The lowest BCUT2D eigenvalue weighted by Gasteiger charge is -2.16. The van der Waals surface area contributed by atoms with Gasteiger partial charge >= 0.3 is 5.97 Å². The first-order chi connectivity index (χ1) is 8.11. The van der Waals surface area contributed by atoms with E-state index in [9.17, 15) is 9.59 Å². The second-order valence-electron chi connectivity index (χ2n) is 4.01. The van der Waals surface area contributed by atoms with Crippen molar-refractivity contribution in [3.05, 3.63) is 22.4 Å². The number of nitrogens with two attached hydrogens (primary N) is 1. The number of thiophene rings is 1. The summed E-state index contributed by atoms with van der Waals surface area (Å²) >= 11 is 1.36. The predicted octanol–water partition coefficient (Wildman–Crippen LogP) is 2.50. The third-order valence-electron chi connectivity index (χ3n) is 2.72. The lowest BCUT2D eigenvalue weighted by molar-refractivity contribution is -0.142. The van der Waals surface area contributed by atoms with Crippen molar-refractivity contribution in [3.8, 4) is 0 Å². The van der Waals surface area contributed by atoms with Crippen molar-refractivity contribution in [1.82, 2.24) is 0 Å². The summed E-state index contributed by atoms with van der Waals surface area (Å²) in [6.45, 7) is 0. The van der Waals surface area contributed by atoms with E-state index in [2.05, 4.69) is 0 Å². The summed E-state index contributed by atoms with van der Waals surface area (Å²) in [6.07, 6.45) is 5.24. The quantitative estimate of drug-likeness (QED) is 0.852. The fraction of sp³-hybridized carbons (Fsp3) is 0.500. The van der Waals surface area contributed by atoms with Gasteiger partial charge in [0.05, 0.1) is 10.8 Å². The van der Waals surface area contributed by atoms with Crippen LogP contribution in [0.5, 0.6) is 0 Å². The highest BCUT2D eigenvalue weighted by Crippen LogP contribution is 2.23. The summed E-state index contributed by atoms with van der Waals surface area (Å²) in [5.74, 6) is -0.978. The molecule has 0 radical (unpaired) electrons. The maximum Gasteiger partial charge on any atom is 0.306 e. The van der Waals surface area contributed by atoms with Crippen LogP contribution < -0.4 is 5.73 Å². The number of carbonyl (C=O) groups is 2. The number of hydrogen-bond donors (Lipinski definition) is 2. The summed E-state index contributed by atoms with van der Waals surface area (Å²) in [4.78, 5) is 21.3. The molecule has 0 spiro atoms. The zero-order chi connectivity index (χ0) is 12.7. The van der Waals surface area contributed by atoms with Gasteiger partial charge in [0.2, 0.25) is 0 Å². The van der Waals surface area contributed by atoms with Crippen LogP contribution in [0, 0.1) is 5.92 Å². The van der Waals surface area contributed by atoms with Crippen molar-refractivity contribution in [2.45, 2.75) is 32.1 Å². The second-order valence-corrected chi connectivity index (χ2v) is 4.96. The molecular weight excluding hydrogens is 238 g/mol. The average molecular weight is 255 g/mol. The summed E-state index contributed by atoms with van der Waals surface area (Å²) in [6, 6.07) is 3.50. The number of carbonyl (C=O) groups excluding carboxylic acids is 1. The molecule has 3 N–H and O–H groups in total. The summed E-state index contributed by atoms with van der Waals surface area (Å²) in [7, 11) is 0. The third kappa shape index (κ3) is 4.99. The zero-order valence-corrected chi connectivity index (χ0v) is 10.4. The van der Waals surface area contributed by atoms with Crippen LogP contribution in [-0.4, -0.2) is 17.0 Å². The van der Waals surface area contributed by atoms with Gasteiger partial charge in [0, 0.05) is 0 Å². The van der Waals surface area contributed by atoms with Crippen molar-refractivity contribution in [2.75, 3.05) is 0 Å². The molecule has 0 bridgehead atoms. The predicted molar refractivity (Wildman–Crippen MR) is 67.0 cm³/mol. The van der Waals surface area contributed by atoms with Crippen LogP contribution in [0.3, 0.4) is 0 Å². The molecule has 1 fully saturated rings. The van der Waals surface area contributed by atoms with Gasteiger partial charge < -0.3 is 10.8 Å². The fourth-order valence-corrected chi connectivity index (χ4v) is 2.35. The van der Waals surface area contributed by atoms with Gasteiger partial charge in [-0.1, -0.05) is 25.3 Å². The summed E-state index contributed by atoms with van der Waals surface area (Å²) in [5.41, 5.74) is 4.93. The van der Waals surface area contributed by atoms with E-state index in [0.29, 0.717) is 4.88 Å². The Kier molecular flexibility index (Phi) is 5.69. The van der Waals surface area contributed by atoms with E-state index in [1.165, 1.54) is 17.8 Å². The SMILES string of the molecule is NC(=O)c1cccs1.O=C(O)C1CCCCC1. The van der Waals surface area contributed by atoms with Crippen molar-refractivity contribution in [3.63, 3.8) is 0 Å². The number of primary amides is 1. The first kappa shape index (κ1) is 13.7. The highest BCUT2D eigenvalue weighted by atomic mass is 32.1. The van der Waals surface area contributed by atoms with Gasteiger partial charge in [-0.15, -0.1) is 11.3 Å². The normalized spacial score (nSPS) is 15.8. The van der Waals surface area contributed by atoms with Crippen LogP contribution >= 0.6 is 11.3 Å². The van der Waals surface area contributed by atoms with Gasteiger partial charge in [0.1, 0.15) is 0 Å². The number of hydrogen-bond acceptors (Lipinski definition) is 3. The molecule has 0 atom stereocenters. The Hall–Kier alpha value is -1.36. The smallest absolute Gasteiger partial charge is 0.306 e. The highest BCUT2D eigenvalue weighted by Gasteiger charge is 2.19. The van der Waals surface area contributed by atoms with Crippen molar-refractivity contribution >= 4 is 23.2 Å². The molecule has 1 aromatic heterocycles. The Morgan fingerprint density at radius 2 is 1.94 bits per heavy atom. The first-order valence-electron chi connectivity index (χ1n) is 5.67. The van der Waals surface area contributed by atoms with Crippen LogP contribution in [0.15, 0.2) is 17.5 Å². The molecule has 17 heavy (non-hydrogen) atoms. The van der Waals surface area contributed by atoms with E-state index in [1.54, 1.807) is 12.1 Å². The van der Waals surface area contributed by atoms with Crippen molar-refractivity contribution in [1.29, 1.82) is 0 Å². The molecule has 1 saturated carbocycles. The van der Waals surface area contributed by atoms with E-state index in [4.69, 9.17) is 10.8 Å². The van der Waals surface area contributed by atoms with Gasteiger partial charge in [-0.05, 0) is 24.3 Å². The zero-order valence-electron chi connectivity index (χ0n) is 9.59. The Morgan fingerprint density at radius 3 is 2.24 bits per heavy atom. The minimum absolute atomic E-state index is 0.0289. The van der Waals surface area contributed by atoms with E-state index in [1.807, 2.05) is 5.38 Å². The summed E-state index contributed by atoms with van der Waals surface area (Å²) < 4.78 is 0. The molecule has 0 unspecified atom stereocenters. The van der Waals surface area contributed by atoms with Gasteiger partial charge in [-0.25, -0.2) is 0 Å². The van der Waals surface area contributed by atoms with Gasteiger partial charge in [0.25, 0.3) is 5.91 Å². The lowest BCUT2D eigenvalue weighted by Crippen LogP contribution is -2.16. The molecule has 0 aromatic carbocycles. The molecule has 1 aliphatic rings. The largest absolute Gasteiger partial charge is 0.481 e. The van der Waals surface area contributed by atoms with Crippen LogP contribution in [-0.2, 0) is 4.79 Å². The molecule has 1 amide bonds. The number of carboxylic acid groups (broad SMARTS) is 1. The molecule has 1 aromatic rings. The molecule has 1 aliphatic carbocycles. The van der Waals surface area contributed by atoms with Crippen molar-refractivity contribution in [2.24, 2.45) is 11.7 Å². The minimum Gasteiger partial charge on any atom is -0.481 e. The van der Waals surface area contributed by atoms with Gasteiger partial charge in [-0.2, -0.15) is 0 Å². The van der Waals surface area contributed by atoms with Crippen LogP contribution in [0.25, 0.3) is 0 Å². The molecule has 4 nitrogen and oxygen atoms in total. The van der Waals surface area contributed by atoms with E-state index >= 15 is 0 Å². The molecule has 5 heteroatoms. The van der Waals surface area contributed by atoms with Gasteiger partial charge in [-0.3, -0.25) is 9.59 Å². The number of rotatable bonds is 2. The Labute approximate surface area is 104 Å². The van der Waals surface area contributed by atoms with Crippen LogP contribution in [0.2, 0.25) is 0 Å². The molecule has 94 valence electrons. The minimum atomic E-state index is -0.602. The van der Waals surface area contributed by atoms with E-state index < -0.39 is 5.97 Å². The molecular formula is C12H17NO3S. The molecule has 2 rings (SSSR count). The number of aliphatic carboxylic acids is 1. The second kappa shape index (κ2) is 7.06. The molecule has 1 heterocycles.